The molecule has 1 unspecified atom stereocenters. The fourth-order valence-corrected chi connectivity index (χ4v) is 3.95. The fraction of sp³-hybridized carbons (Fsp3) is 0.625. The lowest BCUT2D eigenvalue weighted by Crippen LogP contribution is -2.62. The van der Waals surface area contributed by atoms with E-state index in [-0.39, 0.29) is 31.6 Å². The van der Waals surface area contributed by atoms with Gasteiger partial charge in [0.2, 0.25) is 0 Å². The Morgan fingerprint density at radius 3 is 2.70 bits per heavy atom. The van der Waals surface area contributed by atoms with Crippen LogP contribution in [0.25, 0.3) is 0 Å². The molecule has 1 aromatic heterocycles. The van der Waals surface area contributed by atoms with Crippen molar-refractivity contribution in [2.24, 2.45) is 0 Å². The average Bonchev–Trinajstić information content (AvgIpc) is 3.14. The molecule has 0 spiro atoms. The van der Waals surface area contributed by atoms with Gasteiger partial charge in [-0.25, -0.2) is 0 Å². The highest BCUT2D eigenvalue weighted by Crippen LogP contribution is 2.45. The van der Waals surface area contributed by atoms with Gasteiger partial charge in [0.05, 0.1) is 4.88 Å². The van der Waals surface area contributed by atoms with E-state index in [1.165, 1.54) is 11.3 Å². The quantitative estimate of drug-likeness (QED) is 0.837. The van der Waals surface area contributed by atoms with Gasteiger partial charge in [0.1, 0.15) is 5.60 Å². The number of nitrogens with zero attached hydrogens (tertiary/aromatic N) is 1. The van der Waals surface area contributed by atoms with Crippen LogP contribution in [0, 0.1) is 0 Å². The lowest BCUT2D eigenvalue weighted by molar-refractivity contribution is -0.223. The van der Waals surface area contributed by atoms with Crippen molar-refractivity contribution in [1.82, 2.24) is 4.90 Å². The fourth-order valence-electron chi connectivity index (χ4n) is 3.27. The van der Waals surface area contributed by atoms with Crippen LogP contribution in [-0.2, 0) is 4.79 Å². The first-order chi connectivity index (χ1) is 10.8. The number of carbonyl (C=O) groups excluding carboxylic acids is 2. The third kappa shape index (κ3) is 2.80. The number of hydrogen-bond donors (Lipinski definition) is 1. The molecule has 1 N–H and O–H groups in total. The number of amides is 1. The molecule has 1 aliphatic heterocycles. The van der Waals surface area contributed by atoms with Gasteiger partial charge in [0, 0.05) is 19.0 Å². The van der Waals surface area contributed by atoms with E-state index in [0.29, 0.717) is 24.1 Å². The molecular weight excluding hydrogens is 324 g/mol. The molecule has 1 saturated heterocycles. The van der Waals surface area contributed by atoms with Crippen LogP contribution >= 0.6 is 11.3 Å². The van der Waals surface area contributed by atoms with Gasteiger partial charge in [-0.2, -0.15) is 8.78 Å². The Morgan fingerprint density at radius 2 is 2.13 bits per heavy atom. The topological polar surface area (TPSA) is 57.6 Å². The van der Waals surface area contributed by atoms with Gasteiger partial charge in [-0.15, -0.1) is 11.3 Å². The molecule has 7 heteroatoms. The zero-order chi connectivity index (χ0) is 16.7. The summed E-state index contributed by atoms with van der Waals surface area (Å²) < 4.78 is 28.7. The number of alkyl halides is 2. The number of rotatable bonds is 5. The third-order valence-corrected chi connectivity index (χ3v) is 5.80. The number of Topliss-reactive ketones (excluding diaryl/α,β-unsaturated/α-hetero) is 1. The molecule has 1 atom stereocenters. The second kappa shape index (κ2) is 5.94. The number of aliphatic hydroxyl groups is 1. The summed E-state index contributed by atoms with van der Waals surface area (Å²) in [5, 5.41) is 11.7. The Hall–Kier alpha value is -1.34. The van der Waals surface area contributed by atoms with Crippen LogP contribution in [0.1, 0.15) is 48.2 Å². The molecular formula is C16H19F2NO3S. The Kier molecular flexibility index (Phi) is 4.27. The first kappa shape index (κ1) is 16.5. The molecule has 2 fully saturated rings. The van der Waals surface area contributed by atoms with Gasteiger partial charge >= 0.3 is 5.92 Å². The lowest BCUT2D eigenvalue weighted by atomic mass is 9.75. The van der Waals surface area contributed by atoms with Gasteiger partial charge in [0.25, 0.3) is 5.91 Å². The standard InChI is InChI=1S/C16H19F2NO3S/c17-16(18,15(22)6-3-7-15)14(21)19-8-1-4-11(19)10-12(20)13-5-2-9-23-13/h2,5,9,11,22H,1,3-4,6-8,10H2. The minimum Gasteiger partial charge on any atom is -0.383 e. The molecule has 23 heavy (non-hydrogen) atoms. The number of hydrogen-bond acceptors (Lipinski definition) is 4. The molecule has 1 saturated carbocycles. The first-order valence-corrected chi connectivity index (χ1v) is 8.71. The summed E-state index contributed by atoms with van der Waals surface area (Å²) >= 11 is 1.31. The highest BCUT2D eigenvalue weighted by Gasteiger charge is 2.63. The maximum atomic E-state index is 14.4. The van der Waals surface area contributed by atoms with Crippen molar-refractivity contribution in [3.63, 3.8) is 0 Å². The molecule has 3 rings (SSSR count). The molecule has 0 aromatic carbocycles. The summed E-state index contributed by atoms with van der Waals surface area (Å²) in [5.74, 6) is -5.24. The van der Waals surface area contributed by atoms with Crippen molar-refractivity contribution in [3.05, 3.63) is 22.4 Å². The Bertz CT molecular complexity index is 598. The van der Waals surface area contributed by atoms with E-state index in [1.54, 1.807) is 17.5 Å². The second-order valence-corrected chi connectivity index (χ2v) is 7.31. The number of thiophene rings is 1. The van der Waals surface area contributed by atoms with Crippen LogP contribution in [0.15, 0.2) is 17.5 Å². The summed E-state index contributed by atoms with van der Waals surface area (Å²) in [6.45, 7) is 0.215. The van der Waals surface area contributed by atoms with Crippen molar-refractivity contribution in [1.29, 1.82) is 0 Å². The van der Waals surface area contributed by atoms with E-state index in [9.17, 15) is 23.5 Å². The van der Waals surface area contributed by atoms with E-state index in [1.807, 2.05) is 0 Å². The van der Waals surface area contributed by atoms with Crippen molar-refractivity contribution in [2.45, 2.75) is 56.1 Å². The van der Waals surface area contributed by atoms with Gasteiger partial charge in [-0.3, -0.25) is 9.59 Å². The number of carbonyl (C=O) groups is 2. The van der Waals surface area contributed by atoms with Crippen molar-refractivity contribution in [2.75, 3.05) is 6.54 Å². The van der Waals surface area contributed by atoms with Crippen LogP contribution in [0.3, 0.4) is 0 Å². The summed E-state index contributed by atoms with van der Waals surface area (Å²) in [6.07, 6.45) is 1.58. The maximum Gasteiger partial charge on any atom is 0.352 e. The summed E-state index contributed by atoms with van der Waals surface area (Å²) in [6, 6.07) is 2.95. The van der Waals surface area contributed by atoms with Gasteiger partial charge in [0.15, 0.2) is 5.78 Å². The van der Waals surface area contributed by atoms with Crippen LogP contribution < -0.4 is 0 Å². The van der Waals surface area contributed by atoms with Crippen LogP contribution in [0.5, 0.6) is 0 Å². The second-order valence-electron chi connectivity index (χ2n) is 6.36. The average molecular weight is 343 g/mol. The zero-order valence-electron chi connectivity index (χ0n) is 12.6. The number of likely N-dealkylation sites (tertiary alicyclic amines) is 1. The molecule has 0 radical (unpaired) electrons. The van der Waals surface area contributed by atoms with Crippen molar-refractivity contribution in [3.8, 4) is 0 Å². The van der Waals surface area contributed by atoms with Crippen molar-refractivity contribution >= 4 is 23.0 Å². The molecule has 4 nitrogen and oxygen atoms in total. The molecule has 1 aromatic rings. The smallest absolute Gasteiger partial charge is 0.352 e. The lowest BCUT2D eigenvalue weighted by Gasteiger charge is -2.43. The molecule has 0 bridgehead atoms. The molecule has 2 heterocycles. The van der Waals surface area contributed by atoms with Gasteiger partial charge < -0.3 is 10.0 Å². The van der Waals surface area contributed by atoms with E-state index >= 15 is 0 Å². The van der Waals surface area contributed by atoms with E-state index in [4.69, 9.17) is 0 Å². The highest BCUT2D eigenvalue weighted by molar-refractivity contribution is 7.12. The zero-order valence-corrected chi connectivity index (χ0v) is 13.5. The minimum atomic E-state index is -3.78. The van der Waals surface area contributed by atoms with E-state index in [2.05, 4.69) is 0 Å². The number of halogens is 2. The van der Waals surface area contributed by atoms with Gasteiger partial charge in [-0.05, 0) is 43.6 Å². The maximum absolute atomic E-state index is 14.4. The normalized spacial score (nSPS) is 23.6. The van der Waals surface area contributed by atoms with E-state index < -0.39 is 23.5 Å². The van der Waals surface area contributed by atoms with Crippen molar-refractivity contribution < 1.29 is 23.5 Å². The van der Waals surface area contributed by atoms with Crippen LogP contribution in [0.2, 0.25) is 0 Å². The molecule has 126 valence electrons. The predicted octanol–water partition coefficient (Wildman–Crippen LogP) is 2.86. The molecule has 2 aliphatic rings. The van der Waals surface area contributed by atoms with E-state index in [0.717, 1.165) is 4.90 Å². The highest BCUT2D eigenvalue weighted by atomic mass is 32.1. The summed E-state index contributed by atoms with van der Waals surface area (Å²) in [5.41, 5.74) is -2.21. The summed E-state index contributed by atoms with van der Waals surface area (Å²) in [7, 11) is 0. The largest absolute Gasteiger partial charge is 0.383 e. The van der Waals surface area contributed by atoms with Gasteiger partial charge in [-0.1, -0.05) is 6.07 Å². The predicted molar refractivity (Wildman–Crippen MR) is 81.7 cm³/mol. The van der Waals surface area contributed by atoms with Crippen LogP contribution in [-0.4, -0.2) is 45.8 Å². The molecule has 1 amide bonds. The number of ketones is 1. The Morgan fingerprint density at radius 1 is 1.39 bits per heavy atom. The summed E-state index contributed by atoms with van der Waals surface area (Å²) in [4.78, 5) is 26.1. The minimum absolute atomic E-state index is 0.0563. The first-order valence-electron chi connectivity index (χ1n) is 7.83. The Labute approximate surface area is 137 Å². The monoisotopic (exact) mass is 343 g/mol. The van der Waals surface area contributed by atoms with Crippen LogP contribution in [0.4, 0.5) is 8.78 Å². The SMILES string of the molecule is O=C(CC1CCCN1C(=O)C(F)(F)C1(O)CCC1)c1cccs1. The molecule has 1 aliphatic carbocycles. The third-order valence-electron chi connectivity index (χ3n) is 4.89. The Balaban J connectivity index is 1.71.